The molecule has 4 heterocycles. The van der Waals surface area contributed by atoms with Crippen LogP contribution in [0.5, 0.6) is 0 Å². The Kier molecular flexibility index (Phi) is 4.93. The van der Waals surface area contributed by atoms with Gasteiger partial charge in [-0.1, -0.05) is 23.5 Å². The highest BCUT2D eigenvalue weighted by Gasteiger charge is 2.20. The summed E-state index contributed by atoms with van der Waals surface area (Å²) in [6, 6.07) is 5.85. The van der Waals surface area contributed by atoms with Gasteiger partial charge in [0.15, 0.2) is 16.4 Å². The highest BCUT2D eigenvalue weighted by Crippen LogP contribution is 2.31. The molecule has 0 radical (unpaired) electrons. The number of aromatic nitrogens is 5. The number of carbonyl (C=O) groups excluding carboxylic acids is 1. The lowest BCUT2D eigenvalue weighted by atomic mass is 10.1. The molecule has 0 unspecified atom stereocenters. The summed E-state index contributed by atoms with van der Waals surface area (Å²) in [5.74, 6) is -0.304. The highest BCUT2D eigenvalue weighted by molar-refractivity contribution is 7.22. The quantitative estimate of drug-likeness (QED) is 0.527. The first-order chi connectivity index (χ1) is 15.0. The molecule has 9 nitrogen and oxygen atoms in total. The average Bonchev–Trinajstić information content (AvgIpc) is 3.33. The number of nitrogens with zero attached hydrogens (tertiary/aromatic N) is 6. The molecule has 0 atom stereocenters. The number of amides is 1. The van der Waals surface area contributed by atoms with Crippen LogP contribution in [0.25, 0.3) is 16.0 Å². The van der Waals surface area contributed by atoms with E-state index >= 15 is 0 Å². The third-order valence-corrected chi connectivity index (χ3v) is 6.66. The maximum Gasteiger partial charge on any atom is 0.352 e. The van der Waals surface area contributed by atoms with Gasteiger partial charge in [0, 0.05) is 18.8 Å². The molecule has 1 N–H and O–H groups in total. The van der Waals surface area contributed by atoms with Gasteiger partial charge in [-0.25, -0.2) is 18.9 Å². The van der Waals surface area contributed by atoms with Crippen molar-refractivity contribution in [1.82, 2.24) is 24.1 Å². The zero-order valence-corrected chi connectivity index (χ0v) is 18.3. The second-order valence-corrected chi connectivity index (χ2v) is 8.92. The molecule has 10 heteroatoms. The summed E-state index contributed by atoms with van der Waals surface area (Å²) in [4.78, 5) is 36.7. The van der Waals surface area contributed by atoms with Gasteiger partial charge in [-0.2, -0.15) is 4.98 Å². The lowest BCUT2D eigenvalue weighted by molar-refractivity contribution is -0.117. The molecule has 4 aromatic rings. The Morgan fingerprint density at radius 2 is 2.00 bits per heavy atom. The predicted molar refractivity (Wildman–Crippen MR) is 121 cm³/mol. The normalized spacial score (nSPS) is 14.5. The predicted octanol–water partition coefficient (Wildman–Crippen LogP) is 2.75. The van der Waals surface area contributed by atoms with Crippen LogP contribution < -0.4 is 15.9 Å². The van der Waals surface area contributed by atoms with Crippen molar-refractivity contribution < 1.29 is 4.79 Å². The van der Waals surface area contributed by atoms with Crippen molar-refractivity contribution in [2.45, 2.75) is 39.7 Å². The second kappa shape index (κ2) is 7.77. The average molecular weight is 438 g/mol. The van der Waals surface area contributed by atoms with Gasteiger partial charge in [0.25, 0.3) is 0 Å². The number of fused-ring (bicyclic) bond motifs is 3. The van der Waals surface area contributed by atoms with Crippen LogP contribution >= 0.6 is 11.3 Å². The van der Waals surface area contributed by atoms with E-state index in [0.29, 0.717) is 11.3 Å². The van der Waals surface area contributed by atoms with Crippen molar-refractivity contribution in [3.8, 4) is 0 Å². The largest absolute Gasteiger partial charge is 0.352 e. The molecule has 1 saturated heterocycles. The maximum atomic E-state index is 12.8. The van der Waals surface area contributed by atoms with Gasteiger partial charge in [0.05, 0.1) is 0 Å². The molecule has 5 rings (SSSR count). The van der Waals surface area contributed by atoms with E-state index in [2.05, 4.69) is 25.3 Å². The van der Waals surface area contributed by atoms with Gasteiger partial charge in [-0.05, 0) is 50.3 Å². The van der Waals surface area contributed by atoms with E-state index in [4.69, 9.17) is 0 Å². The molecular weight excluding hydrogens is 414 g/mol. The van der Waals surface area contributed by atoms with Gasteiger partial charge < -0.3 is 10.2 Å². The number of thiazole rings is 1. The summed E-state index contributed by atoms with van der Waals surface area (Å²) >= 11 is 1.50. The molecule has 1 fully saturated rings. The smallest absolute Gasteiger partial charge is 0.348 e. The third kappa shape index (κ3) is 3.67. The number of nitrogens with one attached hydrogen (secondary N) is 1. The number of rotatable bonds is 4. The molecule has 0 bridgehead atoms. The van der Waals surface area contributed by atoms with Gasteiger partial charge >= 0.3 is 5.69 Å². The Labute approximate surface area is 182 Å². The molecule has 0 aliphatic carbocycles. The van der Waals surface area contributed by atoms with Crippen LogP contribution in [0.1, 0.15) is 30.4 Å². The van der Waals surface area contributed by atoms with E-state index in [1.54, 1.807) is 0 Å². The van der Waals surface area contributed by atoms with Crippen LogP contribution in [0.15, 0.2) is 29.3 Å². The summed E-state index contributed by atoms with van der Waals surface area (Å²) < 4.78 is 3.32. The van der Waals surface area contributed by atoms with E-state index in [1.165, 1.54) is 33.2 Å². The van der Waals surface area contributed by atoms with Crippen LogP contribution in [0, 0.1) is 13.8 Å². The molecule has 1 amide bonds. The van der Waals surface area contributed by atoms with Crippen LogP contribution in [0.4, 0.5) is 10.8 Å². The van der Waals surface area contributed by atoms with Crippen LogP contribution in [-0.4, -0.2) is 43.1 Å². The van der Waals surface area contributed by atoms with Crippen molar-refractivity contribution >= 4 is 44.1 Å². The first kappa shape index (κ1) is 19.7. The minimum absolute atomic E-state index is 0.173. The summed E-state index contributed by atoms with van der Waals surface area (Å²) in [6.45, 7) is 5.68. The van der Waals surface area contributed by atoms with Gasteiger partial charge in [0.1, 0.15) is 17.6 Å². The van der Waals surface area contributed by atoms with Crippen molar-refractivity contribution in [2.24, 2.45) is 0 Å². The first-order valence-corrected chi connectivity index (χ1v) is 11.2. The molecule has 1 aromatic carbocycles. The van der Waals surface area contributed by atoms with Gasteiger partial charge in [-0.15, -0.1) is 5.10 Å². The Hall–Kier alpha value is -3.27. The van der Waals surface area contributed by atoms with Crippen molar-refractivity contribution in [3.63, 3.8) is 0 Å². The van der Waals surface area contributed by atoms with Crippen LogP contribution in [-0.2, 0) is 11.3 Å². The van der Waals surface area contributed by atoms with E-state index in [-0.39, 0.29) is 12.5 Å². The zero-order valence-electron chi connectivity index (χ0n) is 17.5. The number of aryl methyl sites for hydroxylation is 2. The molecular formula is C21H23N7O2S. The maximum absolute atomic E-state index is 12.8. The third-order valence-electron chi connectivity index (χ3n) is 5.55. The highest BCUT2D eigenvalue weighted by atomic mass is 32.1. The van der Waals surface area contributed by atoms with Crippen LogP contribution in [0.3, 0.4) is 0 Å². The number of carbonyl (C=O) groups is 1. The molecule has 0 spiro atoms. The summed E-state index contributed by atoms with van der Waals surface area (Å²) in [6.07, 6.45) is 4.99. The number of benzene rings is 1. The lowest BCUT2D eigenvalue weighted by Gasteiger charge is -2.25. The number of piperidine rings is 1. The first-order valence-electron chi connectivity index (χ1n) is 10.4. The molecule has 0 saturated carbocycles. The summed E-state index contributed by atoms with van der Waals surface area (Å²) in [5.41, 5.74) is 3.41. The Morgan fingerprint density at radius 1 is 1.19 bits per heavy atom. The topological polar surface area (TPSA) is 97.4 Å². The summed E-state index contributed by atoms with van der Waals surface area (Å²) in [5, 5.41) is 8.22. The molecule has 3 aromatic heterocycles. The fourth-order valence-electron chi connectivity index (χ4n) is 3.85. The molecule has 31 heavy (non-hydrogen) atoms. The standard InChI is InChI=1S/C21H23N7O2S/c1-13-6-7-14(2)15(10-13)23-16(29)11-28-21(30)27-12-22-18-17(19(27)25-28)31-20(24-18)26-8-4-3-5-9-26/h6-7,10,12H,3-5,8-9,11H2,1-2H3,(H,23,29). The number of hydrogen-bond acceptors (Lipinski definition) is 7. The van der Waals surface area contributed by atoms with E-state index in [1.807, 2.05) is 32.0 Å². The zero-order chi connectivity index (χ0) is 21.5. The molecule has 1 aliphatic heterocycles. The second-order valence-electron chi connectivity index (χ2n) is 7.94. The fraction of sp³-hybridized carbons (Fsp3) is 0.381. The number of hydrogen-bond donors (Lipinski definition) is 1. The Bertz CT molecular complexity index is 1350. The fourth-order valence-corrected chi connectivity index (χ4v) is 4.89. The van der Waals surface area contributed by atoms with Gasteiger partial charge in [0.2, 0.25) is 5.91 Å². The van der Waals surface area contributed by atoms with E-state index in [9.17, 15) is 9.59 Å². The van der Waals surface area contributed by atoms with E-state index < -0.39 is 5.69 Å². The van der Waals surface area contributed by atoms with Crippen molar-refractivity contribution in [1.29, 1.82) is 0 Å². The van der Waals surface area contributed by atoms with Crippen LogP contribution in [0.2, 0.25) is 0 Å². The molecule has 1 aliphatic rings. The van der Waals surface area contributed by atoms with Crippen molar-refractivity contribution in [2.75, 3.05) is 23.3 Å². The monoisotopic (exact) mass is 437 g/mol. The van der Waals surface area contributed by atoms with E-state index in [0.717, 1.165) is 52.6 Å². The summed E-state index contributed by atoms with van der Waals surface area (Å²) in [7, 11) is 0. The number of anilines is 2. The molecule has 160 valence electrons. The van der Waals surface area contributed by atoms with Gasteiger partial charge in [-0.3, -0.25) is 4.79 Å². The minimum atomic E-state index is -0.395. The minimum Gasteiger partial charge on any atom is -0.348 e. The lowest BCUT2D eigenvalue weighted by Crippen LogP contribution is -2.29. The Balaban J connectivity index is 1.45. The SMILES string of the molecule is Cc1ccc(C)c(NC(=O)Cn2nc3c4sc(N5CCCCC5)nc4ncn3c2=O)c1. The Morgan fingerprint density at radius 3 is 2.81 bits per heavy atom. The van der Waals surface area contributed by atoms with Crippen molar-refractivity contribution in [3.05, 3.63) is 46.1 Å².